The first-order valence-corrected chi connectivity index (χ1v) is 10.5. The zero-order chi connectivity index (χ0) is 9.00. The Balaban J connectivity index is -0.000000107. The van der Waals surface area contributed by atoms with Gasteiger partial charge < -0.3 is 10.8 Å². The molecule has 3 radical (unpaired) electrons. The smallest absolute Gasteiger partial charge is 0.680 e. The Labute approximate surface area is 92.4 Å². The minimum atomic E-state index is -1.36. The van der Waals surface area contributed by atoms with Crippen LogP contribution in [0.5, 0.6) is 0 Å². The van der Waals surface area contributed by atoms with Crippen LogP contribution < -0.4 is 0 Å². The molecular formula is C6H20BiN2Si2. The maximum Gasteiger partial charge on any atom is 2.00 e. The summed E-state index contributed by atoms with van der Waals surface area (Å²) in [7, 11) is -2.72. The summed E-state index contributed by atoms with van der Waals surface area (Å²) in [5.41, 5.74) is 0. The van der Waals surface area contributed by atoms with Crippen molar-refractivity contribution < 1.29 is 0 Å². The van der Waals surface area contributed by atoms with E-state index in [0.717, 1.165) is 0 Å². The van der Waals surface area contributed by atoms with Gasteiger partial charge in [-0.15, -0.1) is 0 Å². The quantitative estimate of drug-likeness (QED) is 0.574. The van der Waals surface area contributed by atoms with Crippen LogP contribution in [-0.4, -0.2) is 42.7 Å². The third-order valence-electron chi connectivity index (χ3n) is 0. The predicted octanol–water partition coefficient (Wildman–Crippen LogP) is 3.37. The van der Waals surface area contributed by atoms with Crippen molar-refractivity contribution in [2.45, 2.75) is 39.3 Å². The molecule has 0 aliphatic rings. The molecule has 0 heterocycles. The summed E-state index contributed by atoms with van der Waals surface area (Å²) in [4.78, 5) is 0. The second-order valence-corrected chi connectivity index (χ2v) is 13.5. The monoisotopic (exact) mass is 385 g/mol. The van der Waals surface area contributed by atoms with Crippen molar-refractivity contribution >= 4 is 42.7 Å². The molecule has 0 aliphatic carbocycles. The van der Waals surface area contributed by atoms with Crippen molar-refractivity contribution in [1.82, 2.24) is 0 Å². The Morgan fingerprint density at radius 1 is 0.636 bits per heavy atom. The van der Waals surface area contributed by atoms with E-state index in [1.165, 1.54) is 0 Å². The summed E-state index contributed by atoms with van der Waals surface area (Å²) in [5.74, 6) is 0. The van der Waals surface area contributed by atoms with E-state index in [2.05, 4.69) is 0 Å². The maximum atomic E-state index is 7.08. The van der Waals surface area contributed by atoms with Crippen molar-refractivity contribution in [2.24, 2.45) is 0 Å². The average Bonchev–Trinajstić information content (AvgIpc) is 1.12. The Hall–Kier alpha value is 1.24. The minimum absolute atomic E-state index is 0. The molecule has 0 rings (SSSR count). The molecule has 0 aromatic rings. The standard InChI is InChI=1S/2C3H10NSi.Bi/c2*1-5(2,3)4;/h2*4H,1-3H3;/q2*-1;+2. The normalized spacial score (nSPS) is 10.9. The second kappa shape index (κ2) is 6.72. The summed E-state index contributed by atoms with van der Waals surface area (Å²) in [6.07, 6.45) is 0. The number of nitrogens with one attached hydrogen (secondary N) is 2. The van der Waals surface area contributed by atoms with Crippen molar-refractivity contribution in [2.75, 3.05) is 0 Å². The molecule has 67 valence electrons. The summed E-state index contributed by atoms with van der Waals surface area (Å²) in [6.45, 7) is 12.0. The Morgan fingerprint density at radius 2 is 0.636 bits per heavy atom. The van der Waals surface area contributed by atoms with E-state index in [1.54, 1.807) is 0 Å². The van der Waals surface area contributed by atoms with Gasteiger partial charge in [-0.1, -0.05) is 55.8 Å². The number of hydrogen-bond donors (Lipinski definition) is 0. The zero-order valence-electron chi connectivity index (χ0n) is 8.45. The van der Waals surface area contributed by atoms with Crippen LogP contribution in [0.25, 0.3) is 10.8 Å². The molecule has 0 saturated heterocycles. The molecule has 0 saturated carbocycles. The molecule has 0 amide bonds. The molecule has 0 aromatic heterocycles. The summed E-state index contributed by atoms with van der Waals surface area (Å²) < 4.78 is 0. The summed E-state index contributed by atoms with van der Waals surface area (Å²) in [6, 6.07) is 0. The van der Waals surface area contributed by atoms with Crippen molar-refractivity contribution in [1.29, 1.82) is 0 Å². The molecule has 2 nitrogen and oxygen atoms in total. The molecule has 0 aromatic carbocycles. The van der Waals surface area contributed by atoms with E-state index in [-0.39, 0.29) is 26.2 Å². The molecule has 0 fully saturated rings. The number of hydrogen-bond acceptors (Lipinski definition) is 0. The SMILES string of the molecule is C[Si](C)(C)[NH-].C[Si](C)(C)[NH-].[Bi+2]. The topological polar surface area (TPSA) is 47.6 Å². The van der Waals surface area contributed by atoms with E-state index < -0.39 is 16.5 Å². The fourth-order valence-electron chi connectivity index (χ4n) is 0. The van der Waals surface area contributed by atoms with E-state index in [1.807, 2.05) is 39.3 Å². The third-order valence-corrected chi connectivity index (χ3v) is 0. The molecule has 0 aliphatic heterocycles. The first kappa shape index (κ1) is 18.1. The fraction of sp³-hybridized carbons (Fsp3) is 1.00. The Bertz CT molecular complexity index is 61.6. The van der Waals surface area contributed by atoms with Crippen LogP contribution in [0.3, 0.4) is 0 Å². The molecule has 2 N–H and O–H groups in total. The first-order valence-electron chi connectivity index (χ1n) is 3.50. The van der Waals surface area contributed by atoms with E-state index in [0.29, 0.717) is 0 Å². The van der Waals surface area contributed by atoms with Crippen molar-refractivity contribution in [3.63, 3.8) is 0 Å². The van der Waals surface area contributed by atoms with Gasteiger partial charge in [-0.2, -0.15) is 0 Å². The van der Waals surface area contributed by atoms with Gasteiger partial charge in [0.15, 0.2) is 0 Å². The molecule has 0 atom stereocenters. The van der Waals surface area contributed by atoms with Gasteiger partial charge in [0.25, 0.3) is 0 Å². The molecule has 5 heteroatoms. The molecule has 0 unspecified atom stereocenters. The third kappa shape index (κ3) is 627. The van der Waals surface area contributed by atoms with Crippen LogP contribution in [0.2, 0.25) is 39.3 Å². The average molecular weight is 385 g/mol. The minimum Gasteiger partial charge on any atom is -0.680 e. The van der Waals surface area contributed by atoms with Gasteiger partial charge in [0.05, 0.1) is 0 Å². The van der Waals surface area contributed by atoms with Gasteiger partial charge in [-0.3, -0.25) is 0 Å². The van der Waals surface area contributed by atoms with Crippen LogP contribution in [-0.2, 0) is 0 Å². The van der Waals surface area contributed by atoms with Crippen molar-refractivity contribution in [3.05, 3.63) is 10.8 Å². The van der Waals surface area contributed by atoms with Crippen molar-refractivity contribution in [3.8, 4) is 0 Å². The van der Waals surface area contributed by atoms with Gasteiger partial charge in [0.1, 0.15) is 0 Å². The first-order chi connectivity index (χ1) is 4.00. The zero-order valence-corrected chi connectivity index (χ0v) is 13.9. The molecule has 0 spiro atoms. The van der Waals surface area contributed by atoms with Crippen LogP contribution in [0.4, 0.5) is 0 Å². The summed E-state index contributed by atoms with van der Waals surface area (Å²) in [5, 5.41) is 14.2. The Morgan fingerprint density at radius 3 is 0.636 bits per heavy atom. The maximum absolute atomic E-state index is 7.08. The Kier molecular flexibility index (Phi) is 11.1. The number of rotatable bonds is 0. The van der Waals surface area contributed by atoms with Crippen LogP contribution in [0.1, 0.15) is 0 Å². The molecule has 0 bridgehead atoms. The molecule has 11 heavy (non-hydrogen) atoms. The predicted molar refractivity (Wildman–Crippen MR) is 61.1 cm³/mol. The van der Waals surface area contributed by atoms with Crippen LogP contribution in [0.15, 0.2) is 0 Å². The second-order valence-electron chi connectivity index (χ2n) is 4.50. The van der Waals surface area contributed by atoms with E-state index >= 15 is 0 Å². The van der Waals surface area contributed by atoms with Gasteiger partial charge >= 0.3 is 26.2 Å². The van der Waals surface area contributed by atoms with Gasteiger partial charge in [0.2, 0.25) is 0 Å². The summed E-state index contributed by atoms with van der Waals surface area (Å²) >= 11 is 0. The fourth-order valence-corrected chi connectivity index (χ4v) is 0. The van der Waals surface area contributed by atoms with Gasteiger partial charge in [-0.25, -0.2) is 0 Å². The van der Waals surface area contributed by atoms with E-state index in [9.17, 15) is 0 Å². The molecular weight excluding hydrogens is 365 g/mol. The van der Waals surface area contributed by atoms with Crippen LogP contribution >= 0.6 is 0 Å². The van der Waals surface area contributed by atoms with E-state index in [4.69, 9.17) is 10.8 Å². The van der Waals surface area contributed by atoms with Crippen LogP contribution in [0, 0.1) is 0 Å². The van der Waals surface area contributed by atoms with Gasteiger partial charge in [0, 0.05) is 0 Å². The largest absolute Gasteiger partial charge is 2.00 e. The van der Waals surface area contributed by atoms with Gasteiger partial charge in [-0.05, 0) is 0 Å².